The molecule has 0 heterocycles. The van der Waals surface area contributed by atoms with Crippen molar-refractivity contribution in [3.63, 3.8) is 0 Å². The molecule has 0 rings (SSSR count). The number of allylic oxidation sites excluding steroid dienone is 14. The molecule has 0 fully saturated rings. The van der Waals surface area contributed by atoms with Crippen molar-refractivity contribution in [3.8, 4) is 0 Å². The number of ether oxygens (including phenoxy) is 2. The van der Waals surface area contributed by atoms with Gasteiger partial charge in [-0.05, 0) is 89.9 Å². The van der Waals surface area contributed by atoms with Gasteiger partial charge >= 0.3 is 11.9 Å². The molecule has 0 aliphatic carbocycles. The molecule has 0 bridgehead atoms. The number of unbranched alkanes of at least 4 members (excludes halogenated alkanes) is 43. The van der Waals surface area contributed by atoms with Crippen LogP contribution in [-0.4, -0.2) is 70.0 Å². The van der Waals surface area contributed by atoms with E-state index < -0.39 is 26.5 Å². The first kappa shape index (κ1) is 87.2. The molecule has 0 saturated heterocycles. The lowest BCUT2D eigenvalue weighted by Gasteiger charge is -2.28. The molecular weight excluding hydrogens is 1130 g/mol. The highest BCUT2D eigenvalue weighted by Crippen LogP contribution is 2.38. The van der Waals surface area contributed by atoms with Gasteiger partial charge in [-0.3, -0.25) is 14.2 Å². The number of hydrogen-bond donors (Lipinski definition) is 0. The minimum absolute atomic E-state index is 0.0303. The van der Waals surface area contributed by atoms with Crippen LogP contribution in [0.25, 0.3) is 0 Å². The summed E-state index contributed by atoms with van der Waals surface area (Å²) in [5.74, 6) is -0.817. The lowest BCUT2D eigenvalue weighted by atomic mass is 10.0. The maximum Gasteiger partial charge on any atom is 0.306 e. The zero-order valence-electron chi connectivity index (χ0n) is 59.8. The molecule has 10 heteroatoms. The summed E-state index contributed by atoms with van der Waals surface area (Å²) in [6.07, 6.45) is 96.9. The zero-order chi connectivity index (χ0) is 65.5. The second-order valence-corrected chi connectivity index (χ2v) is 28.4. The number of rotatable bonds is 71. The zero-order valence-corrected chi connectivity index (χ0v) is 60.7. The van der Waals surface area contributed by atoms with Gasteiger partial charge in [-0.25, -0.2) is 0 Å². The molecule has 0 amide bonds. The van der Waals surface area contributed by atoms with Crippen LogP contribution in [0.15, 0.2) is 85.1 Å². The topological polar surface area (TPSA) is 111 Å². The van der Waals surface area contributed by atoms with Crippen molar-refractivity contribution in [2.75, 3.05) is 47.5 Å². The molecule has 0 N–H and O–H groups in total. The van der Waals surface area contributed by atoms with Crippen molar-refractivity contribution in [1.82, 2.24) is 0 Å². The molecule has 2 unspecified atom stereocenters. The molecule has 0 aromatic carbocycles. The van der Waals surface area contributed by atoms with Crippen LogP contribution >= 0.6 is 7.82 Å². The third-order valence-corrected chi connectivity index (χ3v) is 17.9. The minimum Gasteiger partial charge on any atom is -0.756 e. The van der Waals surface area contributed by atoms with Crippen molar-refractivity contribution in [3.05, 3.63) is 85.1 Å². The Balaban J connectivity index is 3.92. The van der Waals surface area contributed by atoms with Gasteiger partial charge in [-0.15, -0.1) is 0 Å². The van der Waals surface area contributed by atoms with E-state index in [0.29, 0.717) is 17.4 Å². The Bertz CT molecular complexity index is 1800. The van der Waals surface area contributed by atoms with Crippen LogP contribution in [-0.2, 0) is 32.7 Å². The summed E-state index contributed by atoms with van der Waals surface area (Å²) in [6.45, 7) is 4.17. The van der Waals surface area contributed by atoms with Crippen LogP contribution in [0.4, 0.5) is 0 Å². The Labute approximate surface area is 558 Å². The monoisotopic (exact) mass is 1280 g/mol. The molecule has 90 heavy (non-hydrogen) atoms. The number of carbonyl (C=O) groups excluding carboxylic acids is 2. The third-order valence-electron chi connectivity index (χ3n) is 16.9. The predicted octanol–water partition coefficient (Wildman–Crippen LogP) is 24.6. The molecule has 524 valence electrons. The van der Waals surface area contributed by atoms with Gasteiger partial charge < -0.3 is 27.9 Å². The highest BCUT2D eigenvalue weighted by molar-refractivity contribution is 7.45. The highest BCUT2D eigenvalue weighted by Gasteiger charge is 2.22. The molecule has 2 atom stereocenters. The molecule has 0 aliphatic heterocycles. The number of nitrogens with zero attached hydrogens (tertiary/aromatic N) is 1. The van der Waals surface area contributed by atoms with Crippen molar-refractivity contribution in [2.45, 2.75) is 367 Å². The normalized spacial score (nSPS) is 13.5. The van der Waals surface area contributed by atoms with E-state index in [0.717, 1.165) is 70.6 Å². The van der Waals surface area contributed by atoms with Gasteiger partial charge in [0.25, 0.3) is 7.82 Å². The average Bonchev–Trinajstić information content (AvgIpc) is 3.62. The first-order valence-electron chi connectivity index (χ1n) is 38.3. The summed E-state index contributed by atoms with van der Waals surface area (Å²) in [7, 11) is 1.18. The van der Waals surface area contributed by atoms with Gasteiger partial charge in [0.15, 0.2) is 6.10 Å². The van der Waals surface area contributed by atoms with Gasteiger partial charge in [0.2, 0.25) is 0 Å². The standard InChI is InChI=1S/C80H146NO8P/c1-6-8-10-12-14-16-18-20-22-24-26-28-30-32-33-34-35-36-37-38-39-40-41-42-43-44-45-46-47-49-51-53-55-57-59-61-63-65-67-69-71-73-80(83)89-78(77-88-90(84,85)87-75-74-81(3,4)5)76-86-79(82)72-70-68-66-64-62-60-58-56-54-52-50-48-31-29-27-25-23-21-19-17-15-13-11-9-7-2/h8,10,14,16,19-22,25-28,32-33,78H,6-7,9,11-13,15,17-18,23-24,29-31,34-77H2,1-5H3/b10-8-,16-14-,21-19-,22-20-,27-25-,28-26-,33-32-. The highest BCUT2D eigenvalue weighted by atomic mass is 31.2. The SMILES string of the molecule is CC/C=C\C/C=C\C/C=C\C/C=C\C/C=C\CCCCCCCCCCCCCCCCCCCCCCCCCCCC(=O)OC(COC(=O)CCCCCCCCCCCCCCC/C=C\C/C=C\CCCCCCC)COP(=O)([O-])OCC[N+](C)(C)C. The Morgan fingerprint density at radius 1 is 0.356 bits per heavy atom. The second-order valence-electron chi connectivity index (χ2n) is 27.0. The van der Waals surface area contributed by atoms with Crippen LogP contribution in [0.2, 0.25) is 0 Å². The van der Waals surface area contributed by atoms with Gasteiger partial charge in [0.05, 0.1) is 27.7 Å². The molecule has 0 aliphatic rings. The van der Waals surface area contributed by atoms with Crippen LogP contribution in [0, 0.1) is 0 Å². The molecule has 0 aromatic rings. The number of carbonyl (C=O) groups is 2. The molecule has 0 aromatic heterocycles. The van der Waals surface area contributed by atoms with E-state index in [-0.39, 0.29) is 32.0 Å². The third kappa shape index (κ3) is 74.2. The number of phosphoric ester groups is 1. The van der Waals surface area contributed by atoms with E-state index in [1.165, 1.54) is 257 Å². The Kier molecular flexibility index (Phi) is 68.3. The summed E-state index contributed by atoms with van der Waals surface area (Å²) in [5, 5.41) is 0. The second kappa shape index (κ2) is 70.5. The van der Waals surface area contributed by atoms with Gasteiger partial charge in [-0.1, -0.05) is 343 Å². The van der Waals surface area contributed by atoms with Crippen LogP contribution < -0.4 is 4.89 Å². The molecule has 0 spiro atoms. The predicted molar refractivity (Wildman–Crippen MR) is 388 cm³/mol. The van der Waals surface area contributed by atoms with Crippen molar-refractivity contribution >= 4 is 19.8 Å². The first-order valence-corrected chi connectivity index (χ1v) is 39.8. The average molecular weight is 1280 g/mol. The summed E-state index contributed by atoms with van der Waals surface area (Å²) in [5.41, 5.74) is 0. The summed E-state index contributed by atoms with van der Waals surface area (Å²) in [4.78, 5) is 38.1. The van der Waals surface area contributed by atoms with E-state index in [1.807, 2.05) is 21.1 Å². The summed E-state index contributed by atoms with van der Waals surface area (Å²) in [6, 6.07) is 0. The smallest absolute Gasteiger partial charge is 0.306 e. The summed E-state index contributed by atoms with van der Waals surface area (Å²) < 4.78 is 34.4. The fourth-order valence-electron chi connectivity index (χ4n) is 11.1. The number of quaternary nitrogens is 1. The van der Waals surface area contributed by atoms with Crippen LogP contribution in [0.5, 0.6) is 0 Å². The molecule has 0 radical (unpaired) electrons. The number of phosphoric acid groups is 1. The first-order chi connectivity index (χ1) is 44.0. The lowest BCUT2D eigenvalue weighted by molar-refractivity contribution is -0.870. The Morgan fingerprint density at radius 2 is 0.633 bits per heavy atom. The molecule has 9 nitrogen and oxygen atoms in total. The van der Waals surface area contributed by atoms with E-state index in [1.54, 1.807) is 0 Å². The van der Waals surface area contributed by atoms with E-state index in [4.69, 9.17) is 18.5 Å². The van der Waals surface area contributed by atoms with Crippen molar-refractivity contribution in [1.29, 1.82) is 0 Å². The van der Waals surface area contributed by atoms with Crippen molar-refractivity contribution < 1.29 is 42.1 Å². The number of esters is 2. The van der Waals surface area contributed by atoms with E-state index >= 15 is 0 Å². The molecular formula is C80H146NO8P. The minimum atomic E-state index is -4.64. The number of likely N-dealkylation sites (N-methyl/N-ethyl adjacent to an activating group) is 1. The maximum absolute atomic E-state index is 12.9. The Morgan fingerprint density at radius 3 is 0.944 bits per heavy atom. The van der Waals surface area contributed by atoms with Gasteiger partial charge in [0.1, 0.15) is 19.8 Å². The van der Waals surface area contributed by atoms with E-state index in [2.05, 4.69) is 98.9 Å². The largest absolute Gasteiger partial charge is 0.756 e. The Hall–Kier alpha value is -2.81. The van der Waals surface area contributed by atoms with Gasteiger partial charge in [-0.2, -0.15) is 0 Å². The maximum atomic E-state index is 12.9. The van der Waals surface area contributed by atoms with Gasteiger partial charge in [0, 0.05) is 12.8 Å². The fraction of sp³-hybridized carbons (Fsp3) is 0.800. The lowest BCUT2D eigenvalue weighted by Crippen LogP contribution is -2.37. The fourth-order valence-corrected chi connectivity index (χ4v) is 11.8. The molecule has 0 saturated carbocycles. The van der Waals surface area contributed by atoms with Crippen LogP contribution in [0.1, 0.15) is 361 Å². The number of hydrogen-bond acceptors (Lipinski definition) is 8. The van der Waals surface area contributed by atoms with Crippen molar-refractivity contribution in [2.24, 2.45) is 0 Å². The van der Waals surface area contributed by atoms with Crippen LogP contribution in [0.3, 0.4) is 0 Å². The summed E-state index contributed by atoms with van der Waals surface area (Å²) >= 11 is 0. The van der Waals surface area contributed by atoms with E-state index in [9.17, 15) is 19.0 Å². The quantitative estimate of drug-likeness (QED) is 0.0195.